The number of carbonyl (C=O) groups is 1. The molecular weight excluding hydrogens is 460 g/mol. The van der Waals surface area contributed by atoms with E-state index in [4.69, 9.17) is 31.5 Å². The zero-order valence-corrected chi connectivity index (χ0v) is 18.8. The number of thiocarbonyl (C=S) groups is 1. The van der Waals surface area contributed by atoms with Gasteiger partial charge in [-0.05, 0) is 54.3 Å². The number of ether oxygens (including phenoxy) is 3. The number of aliphatic hydroxyl groups is 1. The first-order valence-corrected chi connectivity index (χ1v) is 11.4. The Labute approximate surface area is 198 Å². The third-order valence-corrected chi connectivity index (χ3v) is 6.03. The fourth-order valence-corrected chi connectivity index (χ4v) is 4.52. The molecule has 0 fully saturated rings. The molecule has 1 aromatic heterocycles. The average molecular weight is 479 g/mol. The number of fused-ring (bicyclic) bond motifs is 3. The number of hydrogen-bond donors (Lipinski definition) is 2. The fraction of sp³-hybridized carbons (Fsp3) is 0.125. The number of nitrogens with one attached hydrogen (secondary N) is 1. The zero-order valence-electron chi connectivity index (χ0n) is 17.2. The number of imidazole rings is 1. The molecule has 0 bridgehead atoms. The molecule has 0 spiro atoms. The van der Waals surface area contributed by atoms with Gasteiger partial charge in [0.15, 0.2) is 11.3 Å². The SMILES string of the molecule is O=C(OCCO)c1ccc2nc(SC(=S)OC3c4ccccc4Oc4ccccc43)[nH]c2c1. The first-order valence-electron chi connectivity index (χ1n) is 10.1. The van der Waals surface area contributed by atoms with Crippen molar-refractivity contribution in [1.82, 2.24) is 9.97 Å². The molecule has 33 heavy (non-hydrogen) atoms. The van der Waals surface area contributed by atoms with Crippen LogP contribution in [0, 0.1) is 0 Å². The lowest BCUT2D eigenvalue weighted by atomic mass is 9.97. The summed E-state index contributed by atoms with van der Waals surface area (Å²) < 4.78 is 17.5. The average Bonchev–Trinajstić information content (AvgIpc) is 3.23. The lowest BCUT2D eigenvalue weighted by molar-refractivity contribution is 0.0434. The van der Waals surface area contributed by atoms with E-state index < -0.39 is 12.1 Å². The lowest BCUT2D eigenvalue weighted by Gasteiger charge is -2.28. The fourth-order valence-electron chi connectivity index (χ4n) is 3.58. The number of aromatic amines is 1. The number of H-pyrrole nitrogens is 1. The van der Waals surface area contributed by atoms with Crippen LogP contribution in [0.4, 0.5) is 0 Å². The molecule has 4 aromatic rings. The number of esters is 1. The highest BCUT2D eigenvalue weighted by molar-refractivity contribution is 8.22. The Bertz CT molecular complexity index is 1310. The standard InChI is InChI=1S/C24H18N2O5S2/c27-11-12-29-22(28)14-9-10-17-18(13-14)26-23(25-17)33-24(32)31-21-15-5-1-3-7-19(15)30-20-8-4-2-6-16(20)21/h1-10,13,21,27H,11-12H2,(H,25,26). The summed E-state index contributed by atoms with van der Waals surface area (Å²) in [4.78, 5) is 19.7. The molecule has 1 aliphatic heterocycles. The van der Waals surface area contributed by atoms with Crippen LogP contribution in [0.2, 0.25) is 0 Å². The Morgan fingerprint density at radius 3 is 2.48 bits per heavy atom. The summed E-state index contributed by atoms with van der Waals surface area (Å²) >= 11 is 6.73. The van der Waals surface area contributed by atoms with Crippen LogP contribution in [-0.2, 0) is 9.47 Å². The minimum atomic E-state index is -0.509. The third kappa shape index (κ3) is 4.43. The maximum atomic E-state index is 12.0. The van der Waals surface area contributed by atoms with E-state index in [0.717, 1.165) is 22.6 Å². The van der Waals surface area contributed by atoms with Gasteiger partial charge < -0.3 is 24.3 Å². The second kappa shape index (κ2) is 9.22. The number of aliphatic hydroxyl groups excluding tert-OH is 1. The number of para-hydroxylation sites is 2. The zero-order chi connectivity index (χ0) is 22.8. The van der Waals surface area contributed by atoms with Crippen molar-refractivity contribution in [1.29, 1.82) is 0 Å². The molecule has 2 heterocycles. The molecule has 7 nitrogen and oxygen atoms in total. The van der Waals surface area contributed by atoms with Crippen molar-refractivity contribution in [2.24, 2.45) is 0 Å². The quantitative estimate of drug-likeness (QED) is 0.235. The van der Waals surface area contributed by atoms with Crippen LogP contribution in [0.3, 0.4) is 0 Å². The molecule has 3 aromatic carbocycles. The second-order valence-electron chi connectivity index (χ2n) is 7.16. The van der Waals surface area contributed by atoms with E-state index in [9.17, 15) is 4.79 Å². The number of benzene rings is 3. The Hall–Kier alpha value is -3.40. The monoisotopic (exact) mass is 478 g/mol. The summed E-state index contributed by atoms with van der Waals surface area (Å²) in [7, 11) is 0. The Kier molecular flexibility index (Phi) is 5.99. The van der Waals surface area contributed by atoms with E-state index in [1.54, 1.807) is 18.2 Å². The molecule has 0 radical (unpaired) electrons. The van der Waals surface area contributed by atoms with Crippen molar-refractivity contribution in [2.45, 2.75) is 11.3 Å². The van der Waals surface area contributed by atoms with E-state index in [0.29, 0.717) is 26.1 Å². The van der Waals surface area contributed by atoms with E-state index in [-0.39, 0.29) is 13.2 Å². The van der Waals surface area contributed by atoms with Gasteiger partial charge in [0.1, 0.15) is 18.1 Å². The lowest BCUT2D eigenvalue weighted by Crippen LogP contribution is -2.15. The van der Waals surface area contributed by atoms with Gasteiger partial charge in [0, 0.05) is 11.1 Å². The predicted octanol–water partition coefficient (Wildman–Crippen LogP) is 5.00. The first-order chi connectivity index (χ1) is 16.1. The molecule has 0 saturated carbocycles. The number of thioether (sulfide) groups is 1. The minimum absolute atomic E-state index is 0.0506. The van der Waals surface area contributed by atoms with Crippen molar-refractivity contribution in [2.75, 3.05) is 13.2 Å². The van der Waals surface area contributed by atoms with Gasteiger partial charge >= 0.3 is 5.97 Å². The third-order valence-electron chi connectivity index (χ3n) is 5.04. The molecular formula is C24H18N2O5S2. The van der Waals surface area contributed by atoms with Gasteiger partial charge in [0.25, 0.3) is 0 Å². The molecule has 0 amide bonds. The highest BCUT2D eigenvalue weighted by atomic mass is 32.2. The van der Waals surface area contributed by atoms with Gasteiger partial charge in [-0.15, -0.1) is 0 Å². The molecule has 2 N–H and O–H groups in total. The smallest absolute Gasteiger partial charge is 0.338 e. The molecule has 0 unspecified atom stereocenters. The number of nitrogens with zero attached hydrogens (tertiary/aromatic N) is 1. The molecule has 0 saturated heterocycles. The summed E-state index contributed by atoms with van der Waals surface area (Å²) in [5.41, 5.74) is 3.51. The number of aromatic nitrogens is 2. The van der Waals surface area contributed by atoms with Crippen LogP contribution in [-0.4, -0.2) is 38.6 Å². The van der Waals surface area contributed by atoms with Crippen molar-refractivity contribution in [3.8, 4) is 11.5 Å². The van der Waals surface area contributed by atoms with Crippen LogP contribution in [0.15, 0.2) is 71.9 Å². The van der Waals surface area contributed by atoms with Crippen molar-refractivity contribution >= 4 is 45.4 Å². The van der Waals surface area contributed by atoms with E-state index in [2.05, 4.69) is 9.97 Å². The van der Waals surface area contributed by atoms with Gasteiger partial charge in [0.2, 0.25) is 4.38 Å². The van der Waals surface area contributed by atoms with Crippen LogP contribution >= 0.6 is 24.0 Å². The summed E-state index contributed by atoms with van der Waals surface area (Å²) in [6, 6.07) is 20.4. The molecule has 1 aliphatic rings. The maximum absolute atomic E-state index is 12.0. The maximum Gasteiger partial charge on any atom is 0.338 e. The molecule has 166 valence electrons. The van der Waals surface area contributed by atoms with Crippen molar-refractivity contribution in [3.63, 3.8) is 0 Å². The molecule has 9 heteroatoms. The second-order valence-corrected chi connectivity index (χ2v) is 8.75. The minimum Gasteiger partial charge on any atom is -0.465 e. The molecule has 0 aliphatic carbocycles. The Morgan fingerprint density at radius 2 is 1.79 bits per heavy atom. The highest BCUT2D eigenvalue weighted by Crippen LogP contribution is 2.45. The van der Waals surface area contributed by atoms with Gasteiger partial charge in [-0.1, -0.05) is 36.4 Å². The van der Waals surface area contributed by atoms with Gasteiger partial charge in [-0.25, -0.2) is 9.78 Å². The summed E-state index contributed by atoms with van der Waals surface area (Å²) in [5.74, 6) is 0.960. The number of hydrogen-bond acceptors (Lipinski definition) is 8. The highest BCUT2D eigenvalue weighted by Gasteiger charge is 2.29. The van der Waals surface area contributed by atoms with Crippen LogP contribution in [0.5, 0.6) is 11.5 Å². The van der Waals surface area contributed by atoms with Gasteiger partial charge in [-0.3, -0.25) is 0 Å². The van der Waals surface area contributed by atoms with E-state index in [1.807, 2.05) is 48.5 Å². The molecule has 5 rings (SSSR count). The van der Waals surface area contributed by atoms with Gasteiger partial charge in [0.05, 0.1) is 23.2 Å². The van der Waals surface area contributed by atoms with Crippen molar-refractivity contribution < 1.29 is 24.1 Å². The number of rotatable bonds is 5. The van der Waals surface area contributed by atoms with Crippen molar-refractivity contribution in [3.05, 3.63) is 83.4 Å². The summed E-state index contributed by atoms with van der Waals surface area (Å²) in [6.07, 6.45) is -0.400. The largest absolute Gasteiger partial charge is 0.465 e. The van der Waals surface area contributed by atoms with Crippen LogP contribution < -0.4 is 4.74 Å². The van der Waals surface area contributed by atoms with E-state index >= 15 is 0 Å². The van der Waals surface area contributed by atoms with Crippen LogP contribution in [0.25, 0.3) is 11.0 Å². The summed E-state index contributed by atoms with van der Waals surface area (Å²) in [6.45, 7) is -0.274. The first kappa shape index (κ1) is 21.4. The predicted molar refractivity (Wildman–Crippen MR) is 128 cm³/mol. The van der Waals surface area contributed by atoms with Crippen LogP contribution in [0.1, 0.15) is 27.6 Å². The number of carbonyl (C=O) groups excluding carboxylic acids is 1. The molecule has 0 atom stereocenters. The Morgan fingerprint density at radius 1 is 1.09 bits per heavy atom. The topological polar surface area (TPSA) is 93.7 Å². The normalized spacial score (nSPS) is 12.5. The summed E-state index contributed by atoms with van der Waals surface area (Å²) in [5, 5.41) is 9.37. The van der Waals surface area contributed by atoms with Gasteiger partial charge in [-0.2, -0.15) is 0 Å². The van der Waals surface area contributed by atoms with E-state index in [1.165, 1.54) is 11.8 Å². The Balaban J connectivity index is 1.35.